The van der Waals surface area contributed by atoms with Crippen molar-refractivity contribution in [2.24, 2.45) is 9.98 Å². The van der Waals surface area contributed by atoms with Crippen LogP contribution in [0.5, 0.6) is 0 Å². The molecule has 0 radical (unpaired) electrons. The van der Waals surface area contributed by atoms with E-state index in [2.05, 4.69) is 89.6 Å². The number of aliphatic imine (C=N–C) groups is 2. The highest BCUT2D eigenvalue weighted by Crippen LogP contribution is 2.16. The first-order chi connectivity index (χ1) is 18.0. The smallest absolute Gasteiger partial charge is 0.106 e. The molecule has 38 heavy (non-hydrogen) atoms. The topological polar surface area (TPSA) is 69.1 Å². The Morgan fingerprint density at radius 2 is 1.66 bits per heavy atom. The number of carbonyl (C=O) groups is 1. The lowest BCUT2D eigenvalue weighted by atomic mass is 10.0. The molecule has 0 amide bonds. The monoisotopic (exact) mass is 589 g/mol. The summed E-state index contributed by atoms with van der Waals surface area (Å²) in [6.45, 7) is 27.0. The number of hydrogen-bond donors (Lipinski definition) is 2. The Morgan fingerprint density at radius 3 is 2.16 bits per heavy atom. The summed E-state index contributed by atoms with van der Waals surface area (Å²) in [5.41, 5.74) is 7.14. The number of rotatable bonds is 15. The van der Waals surface area contributed by atoms with E-state index in [4.69, 9.17) is 9.79 Å². The van der Waals surface area contributed by atoms with Crippen LogP contribution in [-0.4, -0.2) is 64.4 Å². The molecule has 0 saturated carbocycles. The number of halogens is 1. The Kier molecular flexibility index (Phi) is 27.0. The predicted octanol–water partition coefficient (Wildman–Crippen LogP) is 7.17. The number of nitrogens with zero attached hydrogens (tertiary/aromatic N) is 3. The summed E-state index contributed by atoms with van der Waals surface area (Å²) in [4.78, 5) is 19.2. The normalized spacial score (nSPS) is 12.5. The molecule has 0 aromatic rings. The third kappa shape index (κ3) is 20.3. The third-order valence-corrected chi connectivity index (χ3v) is 5.59. The van der Waals surface area contributed by atoms with Gasteiger partial charge < -0.3 is 20.3 Å². The first-order valence-electron chi connectivity index (χ1n) is 12.9. The molecular formula is C31H52BrN5O. The van der Waals surface area contributed by atoms with Crippen molar-refractivity contribution in [2.45, 2.75) is 54.9 Å². The van der Waals surface area contributed by atoms with Gasteiger partial charge in [-0.1, -0.05) is 50.8 Å². The van der Waals surface area contributed by atoms with Crippen molar-refractivity contribution >= 4 is 34.6 Å². The van der Waals surface area contributed by atoms with Crippen LogP contribution in [0.4, 0.5) is 0 Å². The SMILES string of the molecule is C=C(/C=C\C(=C)NC)CN(C)CCCN/C(C)=C/C(=N\C(C)=C(/Br)C=NC)C(/C=C\C)=C(C)C.C=O.CC. The van der Waals surface area contributed by atoms with Gasteiger partial charge in [-0.05, 0) is 93.9 Å². The molecule has 0 spiro atoms. The minimum atomic E-state index is 0.827. The summed E-state index contributed by atoms with van der Waals surface area (Å²) < 4.78 is 0.870. The first-order valence-corrected chi connectivity index (χ1v) is 13.6. The maximum atomic E-state index is 8.00. The van der Waals surface area contributed by atoms with Gasteiger partial charge in [-0.25, -0.2) is 0 Å². The summed E-state index contributed by atoms with van der Waals surface area (Å²) in [5, 5.41) is 6.54. The summed E-state index contributed by atoms with van der Waals surface area (Å²) in [6, 6.07) is 0. The molecule has 0 fully saturated rings. The highest BCUT2D eigenvalue weighted by Gasteiger charge is 2.07. The van der Waals surface area contributed by atoms with E-state index < -0.39 is 0 Å². The van der Waals surface area contributed by atoms with E-state index in [0.717, 1.165) is 64.5 Å². The molecule has 0 heterocycles. The molecule has 0 unspecified atom stereocenters. The number of nitrogens with one attached hydrogen (secondary N) is 2. The van der Waals surface area contributed by atoms with Gasteiger partial charge in [0, 0.05) is 44.8 Å². The molecular weight excluding hydrogens is 538 g/mol. The summed E-state index contributed by atoms with van der Waals surface area (Å²) >= 11 is 3.56. The highest BCUT2D eigenvalue weighted by atomic mass is 79.9. The number of likely N-dealkylation sites (N-methyl/N-ethyl adjacent to an activating group) is 2. The van der Waals surface area contributed by atoms with Crippen LogP contribution in [0.2, 0.25) is 0 Å². The fourth-order valence-corrected chi connectivity index (χ4v) is 3.25. The van der Waals surface area contributed by atoms with E-state index in [1.54, 1.807) is 13.3 Å². The standard InChI is InChI=1S/C28H44BrN5.C2H6.CH2O/c1-11-13-26(21(2)3)28(33-25(7)27(29)19-30-8)18-24(6)32-16-12-17-34(10)20-22(4)14-15-23(5)31-9;2*1-2/h11,13-15,18-19,31-32H,4-5,12,16-17,20H2,1-3,6-10H3;1-2H3;1H2/b13-11-,15-14-,24-18+,27-25-,30-19?,33-28+;;. The van der Waals surface area contributed by atoms with Gasteiger partial charge in [-0.3, -0.25) is 9.98 Å². The summed E-state index contributed by atoms with van der Waals surface area (Å²) in [7, 11) is 5.72. The van der Waals surface area contributed by atoms with Crippen LogP contribution in [0.25, 0.3) is 0 Å². The Hall–Kier alpha value is -2.77. The minimum Gasteiger partial charge on any atom is -0.389 e. The van der Waals surface area contributed by atoms with Gasteiger partial charge in [-0.15, -0.1) is 0 Å². The second-order valence-corrected chi connectivity index (χ2v) is 9.20. The average molecular weight is 591 g/mol. The molecule has 214 valence electrons. The van der Waals surface area contributed by atoms with Crippen molar-refractivity contribution in [3.8, 4) is 0 Å². The third-order valence-electron chi connectivity index (χ3n) is 4.81. The van der Waals surface area contributed by atoms with Gasteiger partial charge in [0.15, 0.2) is 0 Å². The van der Waals surface area contributed by atoms with E-state index in [9.17, 15) is 0 Å². The molecule has 0 atom stereocenters. The number of hydrogen-bond acceptors (Lipinski definition) is 6. The zero-order chi connectivity index (χ0) is 30.1. The van der Waals surface area contributed by atoms with Gasteiger partial charge >= 0.3 is 0 Å². The molecule has 0 aliphatic heterocycles. The Bertz CT molecular complexity index is 917. The molecule has 6 nitrogen and oxygen atoms in total. The zero-order valence-electron chi connectivity index (χ0n) is 25.5. The first kappa shape index (κ1) is 39.7. The second-order valence-electron chi connectivity index (χ2n) is 8.34. The lowest BCUT2D eigenvalue weighted by Gasteiger charge is -2.17. The van der Waals surface area contributed by atoms with Crippen molar-refractivity contribution < 1.29 is 4.79 Å². The molecule has 0 aromatic heterocycles. The van der Waals surface area contributed by atoms with Crippen LogP contribution in [0, 0.1) is 0 Å². The van der Waals surface area contributed by atoms with Crippen LogP contribution in [0.1, 0.15) is 54.9 Å². The van der Waals surface area contributed by atoms with Crippen molar-refractivity contribution in [3.05, 3.63) is 81.8 Å². The molecule has 0 aliphatic carbocycles. The van der Waals surface area contributed by atoms with Gasteiger partial charge in [0.25, 0.3) is 0 Å². The Labute approximate surface area is 242 Å². The zero-order valence-corrected chi connectivity index (χ0v) is 27.1. The highest BCUT2D eigenvalue weighted by molar-refractivity contribution is 9.12. The van der Waals surface area contributed by atoms with E-state index in [-0.39, 0.29) is 0 Å². The minimum absolute atomic E-state index is 0.827. The van der Waals surface area contributed by atoms with E-state index in [0.29, 0.717) is 0 Å². The van der Waals surface area contributed by atoms with Crippen LogP contribution in [0.15, 0.2) is 91.8 Å². The fraction of sp³-hybridized carbons (Fsp3) is 0.452. The molecule has 0 aromatic carbocycles. The van der Waals surface area contributed by atoms with Crippen LogP contribution in [-0.2, 0) is 4.79 Å². The van der Waals surface area contributed by atoms with Gasteiger partial charge in [0.05, 0.1) is 15.9 Å². The molecule has 0 saturated heterocycles. The average Bonchev–Trinajstić information content (AvgIpc) is 2.90. The van der Waals surface area contributed by atoms with Crippen LogP contribution >= 0.6 is 15.9 Å². The predicted molar refractivity (Wildman–Crippen MR) is 175 cm³/mol. The fourth-order valence-electron chi connectivity index (χ4n) is 2.96. The lowest BCUT2D eigenvalue weighted by Crippen LogP contribution is -2.25. The van der Waals surface area contributed by atoms with E-state index in [1.165, 1.54) is 5.57 Å². The maximum Gasteiger partial charge on any atom is 0.106 e. The number of allylic oxidation sites excluding steroid dienone is 9. The largest absolute Gasteiger partial charge is 0.389 e. The van der Waals surface area contributed by atoms with Crippen LogP contribution < -0.4 is 10.6 Å². The van der Waals surface area contributed by atoms with E-state index in [1.807, 2.05) is 59.8 Å². The second kappa shape index (κ2) is 25.9. The van der Waals surface area contributed by atoms with Crippen molar-refractivity contribution in [1.29, 1.82) is 0 Å². The molecule has 0 bridgehead atoms. The molecule has 7 heteroatoms. The van der Waals surface area contributed by atoms with E-state index >= 15 is 0 Å². The number of carbonyl (C=O) groups excluding carboxylic acids is 1. The Balaban J connectivity index is -0.00000291. The molecule has 0 rings (SSSR count). The summed E-state index contributed by atoms with van der Waals surface area (Å²) in [6.07, 6.45) is 13.0. The van der Waals surface area contributed by atoms with Crippen molar-refractivity contribution in [1.82, 2.24) is 15.5 Å². The Morgan fingerprint density at radius 1 is 1.05 bits per heavy atom. The van der Waals surface area contributed by atoms with Crippen molar-refractivity contribution in [2.75, 3.05) is 40.8 Å². The summed E-state index contributed by atoms with van der Waals surface area (Å²) in [5.74, 6) is 0. The molecule has 0 aliphatic rings. The quantitative estimate of drug-likeness (QED) is 0.121. The van der Waals surface area contributed by atoms with Crippen LogP contribution in [0.3, 0.4) is 0 Å². The van der Waals surface area contributed by atoms with Gasteiger partial charge in [-0.2, -0.15) is 0 Å². The van der Waals surface area contributed by atoms with Crippen molar-refractivity contribution in [3.63, 3.8) is 0 Å². The van der Waals surface area contributed by atoms with Gasteiger partial charge in [0.1, 0.15) is 6.79 Å². The van der Waals surface area contributed by atoms with Gasteiger partial charge in [0.2, 0.25) is 0 Å². The lowest BCUT2D eigenvalue weighted by molar-refractivity contribution is -0.0980. The molecule has 2 N–H and O–H groups in total. The maximum absolute atomic E-state index is 8.00.